The molecule has 0 spiro atoms. The fraction of sp³-hybridized carbons (Fsp3) is 0.368. The van der Waals surface area contributed by atoms with E-state index < -0.39 is 0 Å². The molecule has 0 aliphatic rings. The van der Waals surface area contributed by atoms with Gasteiger partial charge in [0.1, 0.15) is 0 Å². The van der Waals surface area contributed by atoms with Crippen LogP contribution in [0.3, 0.4) is 0 Å². The van der Waals surface area contributed by atoms with Gasteiger partial charge in [-0.05, 0) is 38.0 Å². The van der Waals surface area contributed by atoms with Gasteiger partial charge in [-0.25, -0.2) is 0 Å². The first-order valence-electron chi connectivity index (χ1n) is 8.09. The number of guanidine groups is 1. The quantitative estimate of drug-likeness (QED) is 0.637. The summed E-state index contributed by atoms with van der Waals surface area (Å²) in [4.78, 5) is 8.58. The topological polar surface area (TPSA) is 49.3 Å². The Morgan fingerprint density at radius 2 is 1.70 bits per heavy atom. The number of hydrogen-bond acceptors (Lipinski definition) is 2. The summed E-state index contributed by atoms with van der Waals surface area (Å²) in [6, 6.07) is 12.7. The summed E-state index contributed by atoms with van der Waals surface area (Å²) in [5.41, 5.74) is 5.08. The van der Waals surface area contributed by atoms with Crippen LogP contribution < -0.4 is 10.6 Å². The van der Waals surface area contributed by atoms with Crippen LogP contribution in [0.25, 0.3) is 0 Å². The van der Waals surface area contributed by atoms with Crippen LogP contribution in [0.2, 0.25) is 0 Å². The number of aromatic nitrogens is 1. The minimum Gasteiger partial charge on any atom is -0.356 e. The molecule has 0 unspecified atom stereocenters. The van der Waals surface area contributed by atoms with E-state index in [1.165, 1.54) is 16.7 Å². The van der Waals surface area contributed by atoms with E-state index in [1.54, 1.807) is 7.05 Å². The van der Waals surface area contributed by atoms with Crippen molar-refractivity contribution >= 4 is 5.96 Å². The monoisotopic (exact) mass is 310 g/mol. The number of rotatable bonds is 6. The lowest BCUT2D eigenvalue weighted by Crippen LogP contribution is -2.39. The third-order valence-electron chi connectivity index (χ3n) is 3.61. The smallest absolute Gasteiger partial charge is 0.190 e. The lowest BCUT2D eigenvalue weighted by Gasteiger charge is -2.12. The lowest BCUT2D eigenvalue weighted by molar-refractivity contribution is 0.776. The molecule has 0 aliphatic heterocycles. The zero-order valence-electron chi connectivity index (χ0n) is 14.3. The van der Waals surface area contributed by atoms with Gasteiger partial charge in [0, 0.05) is 38.4 Å². The fourth-order valence-corrected chi connectivity index (χ4v) is 2.61. The maximum absolute atomic E-state index is 4.32. The van der Waals surface area contributed by atoms with Gasteiger partial charge in [-0.15, -0.1) is 0 Å². The summed E-state index contributed by atoms with van der Waals surface area (Å²) < 4.78 is 0. The number of nitrogens with zero attached hydrogens (tertiary/aromatic N) is 2. The normalized spacial score (nSPS) is 11.3. The van der Waals surface area contributed by atoms with E-state index in [4.69, 9.17) is 0 Å². The zero-order chi connectivity index (χ0) is 16.5. The second-order valence-corrected chi connectivity index (χ2v) is 5.74. The number of nitrogens with one attached hydrogen (secondary N) is 2. The van der Waals surface area contributed by atoms with Crippen LogP contribution in [-0.4, -0.2) is 31.1 Å². The van der Waals surface area contributed by atoms with Crippen LogP contribution in [0.1, 0.15) is 22.4 Å². The predicted molar refractivity (Wildman–Crippen MR) is 96.9 cm³/mol. The molecule has 0 atom stereocenters. The predicted octanol–water partition coefficient (Wildman–Crippen LogP) is 2.65. The molecule has 2 rings (SSSR count). The van der Waals surface area contributed by atoms with Gasteiger partial charge >= 0.3 is 0 Å². The maximum atomic E-state index is 4.32. The molecule has 1 heterocycles. The first-order valence-corrected chi connectivity index (χ1v) is 8.09. The molecule has 2 aromatic rings. The SMILES string of the molecule is CN=C(NCCc1cc(C)cc(C)c1)NCCc1ccccn1. The van der Waals surface area contributed by atoms with E-state index in [-0.39, 0.29) is 0 Å². The average Bonchev–Trinajstić information content (AvgIpc) is 2.53. The molecule has 0 fully saturated rings. The van der Waals surface area contributed by atoms with Crippen molar-refractivity contribution in [3.05, 3.63) is 65.0 Å². The van der Waals surface area contributed by atoms with Crippen LogP contribution in [0.15, 0.2) is 47.6 Å². The van der Waals surface area contributed by atoms with E-state index in [1.807, 2.05) is 24.4 Å². The van der Waals surface area contributed by atoms with Crippen molar-refractivity contribution in [1.82, 2.24) is 15.6 Å². The van der Waals surface area contributed by atoms with Gasteiger partial charge in [-0.1, -0.05) is 35.4 Å². The number of aryl methyl sites for hydroxylation is 2. The van der Waals surface area contributed by atoms with Crippen LogP contribution in [0, 0.1) is 13.8 Å². The van der Waals surface area contributed by atoms with Crippen molar-refractivity contribution in [3.8, 4) is 0 Å². The van der Waals surface area contributed by atoms with Gasteiger partial charge in [0.2, 0.25) is 0 Å². The second kappa shape index (κ2) is 8.93. The summed E-state index contributed by atoms with van der Waals surface area (Å²) >= 11 is 0. The summed E-state index contributed by atoms with van der Waals surface area (Å²) in [6.45, 7) is 5.97. The Bertz CT molecular complexity index is 615. The molecule has 0 aliphatic carbocycles. The van der Waals surface area contributed by atoms with Crippen LogP contribution in [0.5, 0.6) is 0 Å². The standard InChI is InChI=1S/C19H26N4/c1-15-12-16(2)14-17(13-15)7-10-22-19(20-3)23-11-8-18-6-4-5-9-21-18/h4-6,9,12-14H,7-8,10-11H2,1-3H3,(H2,20,22,23). The second-order valence-electron chi connectivity index (χ2n) is 5.74. The Kier molecular flexibility index (Phi) is 6.60. The molecule has 1 aromatic heterocycles. The molecule has 0 amide bonds. The van der Waals surface area contributed by atoms with Gasteiger partial charge in [0.05, 0.1) is 0 Å². The third kappa shape index (κ3) is 6.10. The summed E-state index contributed by atoms with van der Waals surface area (Å²) in [7, 11) is 1.80. The van der Waals surface area contributed by atoms with E-state index in [0.717, 1.165) is 37.6 Å². The molecule has 4 nitrogen and oxygen atoms in total. The first kappa shape index (κ1) is 17.0. The Labute approximate surface area is 139 Å². The van der Waals surface area contributed by atoms with Crippen molar-refractivity contribution < 1.29 is 0 Å². The van der Waals surface area contributed by atoms with Crippen molar-refractivity contribution in [1.29, 1.82) is 0 Å². The van der Waals surface area contributed by atoms with E-state index >= 15 is 0 Å². The van der Waals surface area contributed by atoms with Crippen LogP contribution in [0.4, 0.5) is 0 Å². The summed E-state index contributed by atoms with van der Waals surface area (Å²) in [5.74, 6) is 0.838. The van der Waals surface area contributed by atoms with Crippen LogP contribution >= 0.6 is 0 Å². The first-order chi connectivity index (χ1) is 11.2. The van der Waals surface area contributed by atoms with Gasteiger partial charge in [-0.2, -0.15) is 0 Å². The number of hydrogen-bond donors (Lipinski definition) is 2. The molecule has 0 saturated carbocycles. The highest BCUT2D eigenvalue weighted by atomic mass is 15.2. The molecule has 1 aromatic carbocycles. The Hall–Kier alpha value is -2.36. The van der Waals surface area contributed by atoms with Gasteiger partial charge in [0.25, 0.3) is 0 Å². The average molecular weight is 310 g/mol. The minimum atomic E-state index is 0.820. The van der Waals surface area contributed by atoms with Gasteiger partial charge in [-0.3, -0.25) is 9.98 Å². The number of benzene rings is 1. The minimum absolute atomic E-state index is 0.820. The van der Waals surface area contributed by atoms with E-state index in [0.29, 0.717) is 0 Å². The summed E-state index contributed by atoms with van der Waals surface area (Å²) in [6.07, 6.45) is 3.70. The molecular formula is C19H26N4. The Balaban J connectivity index is 1.72. The largest absolute Gasteiger partial charge is 0.356 e. The highest BCUT2D eigenvalue weighted by Gasteiger charge is 2.00. The molecule has 23 heavy (non-hydrogen) atoms. The van der Waals surface area contributed by atoms with Crippen molar-refractivity contribution in [3.63, 3.8) is 0 Å². The van der Waals surface area contributed by atoms with E-state index in [2.05, 4.69) is 52.7 Å². The molecule has 4 heteroatoms. The molecule has 0 radical (unpaired) electrons. The molecule has 0 saturated heterocycles. The highest BCUT2D eigenvalue weighted by Crippen LogP contribution is 2.08. The highest BCUT2D eigenvalue weighted by molar-refractivity contribution is 5.79. The van der Waals surface area contributed by atoms with Gasteiger partial charge < -0.3 is 10.6 Å². The number of pyridine rings is 1. The lowest BCUT2D eigenvalue weighted by atomic mass is 10.1. The molecular weight excluding hydrogens is 284 g/mol. The van der Waals surface area contributed by atoms with Crippen molar-refractivity contribution in [2.45, 2.75) is 26.7 Å². The molecule has 122 valence electrons. The van der Waals surface area contributed by atoms with Crippen molar-refractivity contribution in [2.24, 2.45) is 4.99 Å². The molecule has 2 N–H and O–H groups in total. The van der Waals surface area contributed by atoms with Crippen molar-refractivity contribution in [2.75, 3.05) is 20.1 Å². The Morgan fingerprint density at radius 3 is 2.30 bits per heavy atom. The zero-order valence-corrected chi connectivity index (χ0v) is 14.3. The molecule has 0 bridgehead atoms. The maximum Gasteiger partial charge on any atom is 0.190 e. The summed E-state index contributed by atoms with van der Waals surface area (Å²) in [5, 5.41) is 6.69. The Morgan fingerprint density at radius 1 is 1.00 bits per heavy atom. The number of aliphatic imine (C=N–C) groups is 1. The third-order valence-corrected chi connectivity index (χ3v) is 3.61. The van der Waals surface area contributed by atoms with Crippen LogP contribution in [-0.2, 0) is 12.8 Å². The fourth-order valence-electron chi connectivity index (χ4n) is 2.61. The van der Waals surface area contributed by atoms with Gasteiger partial charge in [0.15, 0.2) is 5.96 Å². The van der Waals surface area contributed by atoms with E-state index in [9.17, 15) is 0 Å².